The summed E-state index contributed by atoms with van der Waals surface area (Å²) in [5.74, 6) is 0.441. The molecule has 0 aliphatic heterocycles. The quantitative estimate of drug-likeness (QED) is 0.710. The number of benzene rings is 1. The molecule has 1 aromatic carbocycles. The molecule has 0 saturated heterocycles. The fourth-order valence-electron chi connectivity index (χ4n) is 1.71. The molecule has 1 amide bonds. The van der Waals surface area contributed by atoms with Crippen molar-refractivity contribution in [1.82, 2.24) is 5.32 Å². The van der Waals surface area contributed by atoms with Crippen LogP contribution in [0.1, 0.15) is 44.8 Å². The van der Waals surface area contributed by atoms with Crippen LogP contribution in [0.25, 0.3) is 0 Å². The predicted molar refractivity (Wildman–Crippen MR) is 75.1 cm³/mol. The lowest BCUT2D eigenvalue weighted by Gasteiger charge is -2.14. The van der Waals surface area contributed by atoms with Gasteiger partial charge >= 0.3 is 0 Å². The third-order valence-corrected chi connectivity index (χ3v) is 2.88. The summed E-state index contributed by atoms with van der Waals surface area (Å²) in [4.78, 5) is 11.5. The fourth-order valence-corrected chi connectivity index (χ4v) is 1.71. The molecule has 0 aliphatic rings. The number of rotatable bonds is 8. The van der Waals surface area contributed by atoms with Gasteiger partial charge in [-0.3, -0.25) is 4.79 Å². The minimum atomic E-state index is -0.556. The topological polar surface area (TPSA) is 58.6 Å². The summed E-state index contributed by atoms with van der Waals surface area (Å²) in [6.07, 6.45) is 2.08. The number of carbonyl (C=O) groups excluding carboxylic acids is 1. The molecule has 0 fully saturated rings. The van der Waals surface area contributed by atoms with Gasteiger partial charge in [0.15, 0.2) is 6.61 Å². The molecule has 0 aromatic heterocycles. The van der Waals surface area contributed by atoms with Gasteiger partial charge in [0.05, 0.1) is 6.10 Å². The lowest BCUT2D eigenvalue weighted by atomic mass is 10.1. The summed E-state index contributed by atoms with van der Waals surface area (Å²) in [7, 11) is 0. The van der Waals surface area contributed by atoms with Crippen molar-refractivity contribution in [2.24, 2.45) is 0 Å². The Morgan fingerprint density at radius 2 is 2.11 bits per heavy atom. The van der Waals surface area contributed by atoms with E-state index < -0.39 is 6.10 Å². The molecule has 4 heteroatoms. The first kappa shape index (κ1) is 15.5. The predicted octanol–water partition coefficient (Wildman–Crippen LogP) is 2.43. The summed E-state index contributed by atoms with van der Waals surface area (Å²) < 4.78 is 5.48. The Morgan fingerprint density at radius 1 is 1.37 bits per heavy atom. The highest BCUT2D eigenvalue weighted by Gasteiger charge is 2.12. The molecule has 0 unspecified atom stereocenters. The van der Waals surface area contributed by atoms with Crippen LogP contribution in [0.2, 0.25) is 0 Å². The maximum atomic E-state index is 11.5. The Bertz CT molecular complexity index is 393. The van der Waals surface area contributed by atoms with E-state index >= 15 is 0 Å². The zero-order valence-electron chi connectivity index (χ0n) is 11.7. The second kappa shape index (κ2) is 8.53. The number of hydrogen-bond donors (Lipinski definition) is 2. The van der Waals surface area contributed by atoms with Crippen molar-refractivity contribution in [1.29, 1.82) is 0 Å². The lowest BCUT2D eigenvalue weighted by molar-refractivity contribution is -0.123. The first-order valence-electron chi connectivity index (χ1n) is 6.85. The van der Waals surface area contributed by atoms with Crippen LogP contribution in [0, 0.1) is 0 Å². The maximum Gasteiger partial charge on any atom is 0.257 e. The zero-order chi connectivity index (χ0) is 14.1. The fraction of sp³-hybridized carbons (Fsp3) is 0.533. The first-order chi connectivity index (χ1) is 9.19. The standard InChI is InChI=1S/C15H23NO3/c1-3-5-10-16-15(18)11-19-14-9-7-6-8-12(14)13(17)4-2/h6-9,13,17H,3-5,10-11H2,1-2H3,(H,16,18)/t13-/m1/s1. The average molecular weight is 265 g/mol. The van der Waals surface area contributed by atoms with Gasteiger partial charge in [0, 0.05) is 12.1 Å². The lowest BCUT2D eigenvalue weighted by Crippen LogP contribution is -2.29. The minimum Gasteiger partial charge on any atom is -0.483 e. The molecule has 0 bridgehead atoms. The smallest absolute Gasteiger partial charge is 0.257 e. The molecular weight excluding hydrogens is 242 g/mol. The second-order valence-electron chi connectivity index (χ2n) is 4.45. The third kappa shape index (κ3) is 5.30. The highest BCUT2D eigenvalue weighted by Crippen LogP contribution is 2.26. The van der Waals surface area contributed by atoms with Gasteiger partial charge in [0.1, 0.15) is 5.75 Å². The van der Waals surface area contributed by atoms with Gasteiger partial charge in [-0.25, -0.2) is 0 Å². The molecule has 0 heterocycles. The summed E-state index contributed by atoms with van der Waals surface area (Å²) >= 11 is 0. The zero-order valence-corrected chi connectivity index (χ0v) is 11.7. The Labute approximate surface area is 114 Å². The van der Waals surface area contributed by atoms with E-state index in [1.54, 1.807) is 6.07 Å². The Kier molecular flexibility index (Phi) is 6.97. The van der Waals surface area contributed by atoms with E-state index in [2.05, 4.69) is 12.2 Å². The number of para-hydroxylation sites is 1. The van der Waals surface area contributed by atoms with E-state index in [1.165, 1.54) is 0 Å². The van der Waals surface area contributed by atoms with Gasteiger partial charge < -0.3 is 15.2 Å². The van der Waals surface area contributed by atoms with E-state index in [1.807, 2.05) is 25.1 Å². The van der Waals surface area contributed by atoms with Crippen LogP contribution in [0.5, 0.6) is 5.75 Å². The monoisotopic (exact) mass is 265 g/mol. The summed E-state index contributed by atoms with van der Waals surface area (Å²) in [5.41, 5.74) is 0.728. The van der Waals surface area contributed by atoms with Gasteiger partial charge in [0.2, 0.25) is 0 Å². The molecule has 106 valence electrons. The SMILES string of the molecule is CCCCNC(=O)COc1ccccc1[C@H](O)CC. The summed E-state index contributed by atoms with van der Waals surface area (Å²) in [6.45, 7) is 4.64. The van der Waals surface area contributed by atoms with Gasteiger partial charge in [-0.1, -0.05) is 38.5 Å². The largest absolute Gasteiger partial charge is 0.483 e. The van der Waals surface area contributed by atoms with Gasteiger partial charge in [0.25, 0.3) is 5.91 Å². The molecule has 1 rings (SSSR count). The number of carbonyl (C=O) groups is 1. The molecule has 4 nitrogen and oxygen atoms in total. The van der Waals surface area contributed by atoms with Crippen molar-refractivity contribution in [3.63, 3.8) is 0 Å². The molecule has 2 N–H and O–H groups in total. The Hall–Kier alpha value is -1.55. The van der Waals surface area contributed by atoms with E-state index in [0.717, 1.165) is 18.4 Å². The van der Waals surface area contributed by atoms with E-state index in [9.17, 15) is 9.90 Å². The summed E-state index contributed by atoms with van der Waals surface area (Å²) in [5, 5.41) is 12.7. The van der Waals surface area contributed by atoms with Crippen molar-refractivity contribution < 1.29 is 14.6 Å². The van der Waals surface area contributed by atoms with E-state index in [4.69, 9.17) is 4.74 Å². The van der Waals surface area contributed by atoms with Gasteiger partial charge in [-0.2, -0.15) is 0 Å². The van der Waals surface area contributed by atoms with Crippen molar-refractivity contribution in [3.05, 3.63) is 29.8 Å². The summed E-state index contributed by atoms with van der Waals surface area (Å²) in [6, 6.07) is 7.27. The number of unbranched alkanes of at least 4 members (excludes halogenated alkanes) is 1. The van der Waals surface area contributed by atoms with Crippen molar-refractivity contribution >= 4 is 5.91 Å². The van der Waals surface area contributed by atoms with Crippen molar-refractivity contribution in [2.45, 2.75) is 39.2 Å². The van der Waals surface area contributed by atoms with Crippen LogP contribution < -0.4 is 10.1 Å². The van der Waals surface area contributed by atoms with Gasteiger partial charge in [-0.15, -0.1) is 0 Å². The minimum absolute atomic E-state index is 0.0167. The molecule has 1 atom stereocenters. The van der Waals surface area contributed by atoms with Crippen LogP contribution in [0.15, 0.2) is 24.3 Å². The van der Waals surface area contributed by atoms with Crippen molar-refractivity contribution in [2.75, 3.05) is 13.2 Å². The van der Waals surface area contributed by atoms with Crippen LogP contribution in [0.3, 0.4) is 0 Å². The highest BCUT2D eigenvalue weighted by atomic mass is 16.5. The van der Waals surface area contributed by atoms with Crippen molar-refractivity contribution in [3.8, 4) is 5.75 Å². The number of amides is 1. The molecular formula is C15H23NO3. The maximum absolute atomic E-state index is 11.5. The second-order valence-corrected chi connectivity index (χ2v) is 4.45. The van der Waals surface area contributed by atoms with Crippen LogP contribution in [-0.4, -0.2) is 24.2 Å². The number of nitrogens with one attached hydrogen (secondary N) is 1. The van der Waals surface area contributed by atoms with E-state index in [-0.39, 0.29) is 12.5 Å². The molecule has 1 aromatic rings. The molecule has 0 spiro atoms. The van der Waals surface area contributed by atoms with Gasteiger partial charge in [-0.05, 0) is 18.9 Å². The normalized spacial score (nSPS) is 11.9. The third-order valence-electron chi connectivity index (χ3n) is 2.88. The number of hydrogen-bond acceptors (Lipinski definition) is 3. The first-order valence-corrected chi connectivity index (χ1v) is 6.85. The van der Waals surface area contributed by atoms with Crippen LogP contribution in [0.4, 0.5) is 0 Å². The van der Waals surface area contributed by atoms with Crippen LogP contribution >= 0.6 is 0 Å². The highest BCUT2D eigenvalue weighted by molar-refractivity contribution is 5.77. The van der Waals surface area contributed by atoms with Crippen LogP contribution in [-0.2, 0) is 4.79 Å². The Morgan fingerprint density at radius 3 is 2.79 bits per heavy atom. The molecule has 0 radical (unpaired) electrons. The molecule has 0 aliphatic carbocycles. The number of aliphatic hydroxyl groups excluding tert-OH is 1. The van der Waals surface area contributed by atoms with E-state index in [0.29, 0.717) is 18.7 Å². The number of aliphatic hydroxyl groups is 1. The number of ether oxygens (including phenoxy) is 1. The average Bonchev–Trinajstić information content (AvgIpc) is 2.45. The molecule has 0 saturated carbocycles. The molecule has 19 heavy (non-hydrogen) atoms. The Balaban J connectivity index is 2.50.